The molecule has 0 bridgehead atoms. The number of hydrogen-bond donors (Lipinski definition) is 1. The summed E-state index contributed by atoms with van der Waals surface area (Å²) in [7, 11) is 0. The van der Waals surface area contributed by atoms with E-state index in [0.29, 0.717) is 5.92 Å². The summed E-state index contributed by atoms with van der Waals surface area (Å²) in [4.78, 5) is 9.16. The van der Waals surface area contributed by atoms with Crippen LogP contribution in [0.15, 0.2) is 6.07 Å². The summed E-state index contributed by atoms with van der Waals surface area (Å²) < 4.78 is 5.83. The van der Waals surface area contributed by atoms with E-state index in [0.717, 1.165) is 43.5 Å². The fourth-order valence-electron chi connectivity index (χ4n) is 2.27. The lowest BCUT2D eigenvalue weighted by Crippen LogP contribution is -2.07. The van der Waals surface area contributed by atoms with Gasteiger partial charge in [-0.3, -0.25) is 0 Å². The molecule has 0 saturated heterocycles. The Labute approximate surface area is 128 Å². The maximum absolute atomic E-state index is 5.83. The van der Waals surface area contributed by atoms with Gasteiger partial charge in [-0.05, 0) is 25.7 Å². The molecule has 0 atom stereocenters. The number of unbranched alkanes of at least 4 members (excludes halogenated alkanes) is 4. The Bertz CT molecular complexity index is 418. The van der Waals surface area contributed by atoms with Crippen molar-refractivity contribution >= 4 is 5.82 Å². The van der Waals surface area contributed by atoms with Crippen LogP contribution in [-0.2, 0) is 0 Å². The topological polar surface area (TPSA) is 47.0 Å². The molecule has 0 unspecified atom stereocenters. The van der Waals surface area contributed by atoms with Crippen molar-refractivity contribution in [2.45, 2.75) is 71.1 Å². The zero-order valence-corrected chi connectivity index (χ0v) is 13.5. The average molecular weight is 291 g/mol. The second-order valence-electron chi connectivity index (χ2n) is 5.91. The standard InChI is InChI=1S/C17H29N3O/c1-3-5-6-7-8-12-21-16-13-15(18-11-4-2)19-17(20-16)14-9-10-14/h13-14H,3-12H2,1-2H3,(H,18,19,20). The molecule has 1 aromatic rings. The van der Waals surface area contributed by atoms with Crippen molar-refractivity contribution in [2.24, 2.45) is 0 Å². The predicted molar refractivity (Wildman–Crippen MR) is 87.0 cm³/mol. The zero-order valence-electron chi connectivity index (χ0n) is 13.5. The highest BCUT2D eigenvalue weighted by Gasteiger charge is 2.27. The molecule has 1 N–H and O–H groups in total. The van der Waals surface area contributed by atoms with Crippen molar-refractivity contribution in [2.75, 3.05) is 18.5 Å². The predicted octanol–water partition coefficient (Wildman–Crippen LogP) is 4.53. The van der Waals surface area contributed by atoms with Crippen LogP contribution in [0.4, 0.5) is 5.82 Å². The minimum absolute atomic E-state index is 0.556. The Morgan fingerprint density at radius 1 is 1.10 bits per heavy atom. The van der Waals surface area contributed by atoms with Crippen LogP contribution >= 0.6 is 0 Å². The highest BCUT2D eigenvalue weighted by Crippen LogP contribution is 2.39. The van der Waals surface area contributed by atoms with E-state index in [-0.39, 0.29) is 0 Å². The number of nitrogens with one attached hydrogen (secondary N) is 1. The monoisotopic (exact) mass is 291 g/mol. The number of hydrogen-bond acceptors (Lipinski definition) is 4. The third-order valence-electron chi connectivity index (χ3n) is 3.72. The Balaban J connectivity index is 1.83. The molecule has 1 aromatic heterocycles. The van der Waals surface area contributed by atoms with Crippen molar-refractivity contribution in [3.05, 3.63) is 11.9 Å². The summed E-state index contributed by atoms with van der Waals surface area (Å²) in [5.74, 6) is 3.16. The lowest BCUT2D eigenvalue weighted by atomic mass is 10.2. The minimum atomic E-state index is 0.556. The van der Waals surface area contributed by atoms with Crippen LogP contribution in [0.1, 0.15) is 77.0 Å². The van der Waals surface area contributed by atoms with Gasteiger partial charge < -0.3 is 10.1 Å². The summed E-state index contributed by atoms with van der Waals surface area (Å²) in [6.45, 7) is 6.10. The second-order valence-corrected chi connectivity index (χ2v) is 5.91. The van der Waals surface area contributed by atoms with Gasteiger partial charge in [-0.1, -0.05) is 39.5 Å². The molecule has 1 aliphatic rings. The van der Waals surface area contributed by atoms with Gasteiger partial charge in [0.15, 0.2) is 0 Å². The number of rotatable bonds is 11. The molecule has 0 radical (unpaired) electrons. The Morgan fingerprint density at radius 3 is 2.62 bits per heavy atom. The highest BCUT2D eigenvalue weighted by atomic mass is 16.5. The van der Waals surface area contributed by atoms with Gasteiger partial charge in [-0.25, -0.2) is 4.98 Å². The van der Waals surface area contributed by atoms with E-state index in [1.54, 1.807) is 0 Å². The number of ether oxygens (including phenoxy) is 1. The molecule has 21 heavy (non-hydrogen) atoms. The molecule has 2 rings (SSSR count). The minimum Gasteiger partial charge on any atom is -0.478 e. The third-order valence-corrected chi connectivity index (χ3v) is 3.72. The fraction of sp³-hybridized carbons (Fsp3) is 0.765. The van der Waals surface area contributed by atoms with E-state index < -0.39 is 0 Å². The molecule has 0 amide bonds. The molecule has 0 aromatic carbocycles. The van der Waals surface area contributed by atoms with E-state index in [2.05, 4.69) is 29.1 Å². The Kier molecular flexibility index (Phi) is 6.77. The summed E-state index contributed by atoms with van der Waals surface area (Å²) >= 11 is 0. The maximum atomic E-state index is 5.83. The first-order valence-corrected chi connectivity index (χ1v) is 8.59. The Morgan fingerprint density at radius 2 is 1.90 bits per heavy atom. The van der Waals surface area contributed by atoms with E-state index in [1.807, 2.05) is 6.07 Å². The average Bonchev–Trinajstić information content (AvgIpc) is 3.33. The number of anilines is 1. The summed E-state index contributed by atoms with van der Waals surface area (Å²) in [5.41, 5.74) is 0. The van der Waals surface area contributed by atoms with Crippen LogP contribution in [-0.4, -0.2) is 23.1 Å². The highest BCUT2D eigenvalue weighted by molar-refractivity contribution is 5.39. The first kappa shape index (κ1) is 16.1. The maximum Gasteiger partial charge on any atom is 0.218 e. The van der Waals surface area contributed by atoms with E-state index in [9.17, 15) is 0 Å². The van der Waals surface area contributed by atoms with Crippen LogP contribution in [0.3, 0.4) is 0 Å². The van der Waals surface area contributed by atoms with Crippen LogP contribution in [0.2, 0.25) is 0 Å². The molecule has 4 nitrogen and oxygen atoms in total. The fourth-order valence-corrected chi connectivity index (χ4v) is 2.27. The number of nitrogens with zero attached hydrogens (tertiary/aromatic N) is 2. The van der Waals surface area contributed by atoms with Crippen LogP contribution in [0, 0.1) is 0 Å². The van der Waals surface area contributed by atoms with Crippen molar-refractivity contribution in [1.82, 2.24) is 9.97 Å². The van der Waals surface area contributed by atoms with Gasteiger partial charge in [-0.15, -0.1) is 0 Å². The molecule has 1 aliphatic carbocycles. The van der Waals surface area contributed by atoms with Crippen molar-refractivity contribution in [3.63, 3.8) is 0 Å². The van der Waals surface area contributed by atoms with Gasteiger partial charge in [0.25, 0.3) is 0 Å². The lowest BCUT2D eigenvalue weighted by Gasteiger charge is -2.10. The first-order valence-electron chi connectivity index (χ1n) is 8.59. The third kappa shape index (κ3) is 5.90. The molecular formula is C17H29N3O. The van der Waals surface area contributed by atoms with Gasteiger partial charge in [0.1, 0.15) is 11.6 Å². The molecule has 4 heteroatoms. The quantitative estimate of drug-likeness (QED) is 0.609. The smallest absolute Gasteiger partial charge is 0.218 e. The molecule has 118 valence electrons. The molecule has 1 heterocycles. The summed E-state index contributed by atoms with van der Waals surface area (Å²) in [5, 5.41) is 3.34. The summed E-state index contributed by atoms with van der Waals surface area (Å²) in [6.07, 6.45) is 9.79. The molecule has 1 saturated carbocycles. The molecule has 0 spiro atoms. The normalized spacial score (nSPS) is 14.2. The van der Waals surface area contributed by atoms with Gasteiger partial charge in [0, 0.05) is 18.5 Å². The van der Waals surface area contributed by atoms with Crippen molar-refractivity contribution in [1.29, 1.82) is 0 Å². The summed E-state index contributed by atoms with van der Waals surface area (Å²) in [6, 6.07) is 1.94. The first-order chi connectivity index (χ1) is 10.3. The Hall–Kier alpha value is -1.32. The van der Waals surface area contributed by atoms with Crippen molar-refractivity contribution in [3.8, 4) is 5.88 Å². The van der Waals surface area contributed by atoms with E-state index in [4.69, 9.17) is 4.74 Å². The molecular weight excluding hydrogens is 262 g/mol. The zero-order chi connectivity index (χ0) is 14.9. The van der Waals surface area contributed by atoms with Gasteiger partial charge >= 0.3 is 0 Å². The van der Waals surface area contributed by atoms with Gasteiger partial charge in [0.05, 0.1) is 6.61 Å². The second kappa shape index (κ2) is 8.85. The van der Waals surface area contributed by atoms with Crippen molar-refractivity contribution < 1.29 is 4.74 Å². The van der Waals surface area contributed by atoms with Crippen LogP contribution in [0.5, 0.6) is 5.88 Å². The van der Waals surface area contributed by atoms with E-state index in [1.165, 1.54) is 38.5 Å². The largest absolute Gasteiger partial charge is 0.478 e. The van der Waals surface area contributed by atoms with Gasteiger partial charge in [0.2, 0.25) is 5.88 Å². The number of aromatic nitrogens is 2. The SMILES string of the molecule is CCCCCCCOc1cc(NCCC)nc(C2CC2)n1. The van der Waals surface area contributed by atoms with E-state index >= 15 is 0 Å². The molecule has 1 fully saturated rings. The lowest BCUT2D eigenvalue weighted by molar-refractivity contribution is 0.292. The van der Waals surface area contributed by atoms with Gasteiger partial charge in [-0.2, -0.15) is 4.98 Å². The van der Waals surface area contributed by atoms with Crippen LogP contribution < -0.4 is 10.1 Å². The molecule has 0 aliphatic heterocycles. The van der Waals surface area contributed by atoms with Crippen LogP contribution in [0.25, 0.3) is 0 Å².